The molecule has 0 bridgehead atoms. The van der Waals surface area contributed by atoms with Crippen LogP contribution in [0.15, 0.2) is 23.2 Å². The third-order valence-electron chi connectivity index (χ3n) is 4.87. The highest BCUT2D eigenvalue weighted by Crippen LogP contribution is 2.28. The van der Waals surface area contributed by atoms with E-state index in [1.807, 2.05) is 32.9 Å². The van der Waals surface area contributed by atoms with E-state index < -0.39 is 0 Å². The molecule has 10 heteroatoms. The van der Waals surface area contributed by atoms with Crippen LogP contribution < -0.4 is 14.8 Å². The second-order valence-corrected chi connectivity index (χ2v) is 9.99. The maximum Gasteiger partial charge on any atom is 0.410 e. The Morgan fingerprint density at radius 2 is 1.88 bits per heavy atom. The van der Waals surface area contributed by atoms with Gasteiger partial charge in [-0.05, 0) is 32.9 Å². The Balaban J connectivity index is 1.65. The average molecular weight is 476 g/mol. The molecule has 1 fully saturated rings. The lowest BCUT2D eigenvalue weighted by molar-refractivity contribution is 0.0506. The molecule has 0 radical (unpaired) electrons. The van der Waals surface area contributed by atoms with Gasteiger partial charge in [-0.15, -0.1) is 11.8 Å². The van der Waals surface area contributed by atoms with Gasteiger partial charge in [0.15, 0.2) is 0 Å². The van der Waals surface area contributed by atoms with Crippen LogP contribution in [0.1, 0.15) is 46.2 Å². The number of hydrogen-bond donors (Lipinski definition) is 1. The molecule has 1 amide bonds. The number of anilines is 2. The van der Waals surface area contributed by atoms with Gasteiger partial charge in [-0.2, -0.15) is 9.97 Å². The first-order valence-corrected chi connectivity index (χ1v) is 12.1. The van der Waals surface area contributed by atoms with Gasteiger partial charge in [0.1, 0.15) is 11.9 Å². The summed E-state index contributed by atoms with van der Waals surface area (Å²) in [6.45, 7) is 11.1. The Hall–Kier alpha value is -2.75. The number of rotatable bonds is 8. The lowest BCUT2D eigenvalue weighted by Gasteiger charge is -2.31. The third kappa shape index (κ3) is 7.38. The van der Waals surface area contributed by atoms with Gasteiger partial charge >= 0.3 is 12.1 Å². The fourth-order valence-electron chi connectivity index (χ4n) is 3.34. The number of nitrogens with zero attached hydrogens (tertiary/aromatic N) is 4. The predicted molar refractivity (Wildman–Crippen MR) is 129 cm³/mol. The summed E-state index contributed by atoms with van der Waals surface area (Å²) in [5, 5.41) is 4.75. The van der Waals surface area contributed by atoms with Crippen LogP contribution >= 0.6 is 11.8 Å². The van der Waals surface area contributed by atoms with Gasteiger partial charge in [0.05, 0.1) is 29.6 Å². The summed E-state index contributed by atoms with van der Waals surface area (Å²) in [7, 11) is 1.52. The van der Waals surface area contributed by atoms with Gasteiger partial charge < -0.3 is 24.4 Å². The van der Waals surface area contributed by atoms with Crippen molar-refractivity contribution in [2.75, 3.05) is 25.5 Å². The van der Waals surface area contributed by atoms with E-state index in [1.54, 1.807) is 22.7 Å². The van der Waals surface area contributed by atoms with Gasteiger partial charge in [0, 0.05) is 37.2 Å². The van der Waals surface area contributed by atoms with Crippen LogP contribution in [-0.2, 0) is 4.74 Å². The molecular formula is C23H33N5O4S. The van der Waals surface area contributed by atoms with E-state index in [0.29, 0.717) is 42.9 Å². The number of carbonyl (C=O) groups is 1. The maximum atomic E-state index is 12.1. The number of hydrogen-bond acceptors (Lipinski definition) is 9. The van der Waals surface area contributed by atoms with E-state index >= 15 is 0 Å². The molecule has 3 rings (SSSR count). The number of aryl methyl sites for hydroxylation is 1. The van der Waals surface area contributed by atoms with Crippen LogP contribution in [0.25, 0.3) is 0 Å². The minimum Gasteiger partial charge on any atom is -0.474 e. The van der Waals surface area contributed by atoms with Crippen LogP contribution in [0.5, 0.6) is 11.9 Å². The molecule has 1 aliphatic rings. The molecule has 0 spiro atoms. The molecule has 2 aromatic heterocycles. The van der Waals surface area contributed by atoms with Crippen molar-refractivity contribution in [3.63, 3.8) is 0 Å². The molecule has 0 atom stereocenters. The highest BCUT2D eigenvalue weighted by atomic mass is 32.2. The quantitative estimate of drug-likeness (QED) is 0.539. The zero-order valence-corrected chi connectivity index (χ0v) is 20.9. The van der Waals surface area contributed by atoms with Gasteiger partial charge in [-0.25, -0.2) is 9.78 Å². The van der Waals surface area contributed by atoms with Crippen molar-refractivity contribution in [3.05, 3.63) is 23.9 Å². The van der Waals surface area contributed by atoms with Crippen LogP contribution in [0.4, 0.5) is 16.3 Å². The van der Waals surface area contributed by atoms with E-state index in [9.17, 15) is 4.79 Å². The monoisotopic (exact) mass is 475 g/mol. The van der Waals surface area contributed by atoms with Gasteiger partial charge in [-0.3, -0.25) is 0 Å². The topological polar surface area (TPSA) is 98.7 Å². The first kappa shape index (κ1) is 24.9. The fraction of sp³-hybridized carbons (Fsp3) is 0.565. The SMILES string of the molecule is COc1nc(Nc2ccc(SC(C)C)nc2C)cc(OC2CCN(C(=O)OC(C)C)CC2)n1. The van der Waals surface area contributed by atoms with Crippen molar-refractivity contribution in [1.29, 1.82) is 0 Å². The Bertz CT molecular complexity index is 948. The summed E-state index contributed by atoms with van der Waals surface area (Å²) in [5.74, 6) is 0.981. The number of nitrogens with one attached hydrogen (secondary N) is 1. The predicted octanol–water partition coefficient (Wildman–Crippen LogP) is 4.82. The van der Waals surface area contributed by atoms with Crippen molar-refractivity contribution in [3.8, 4) is 11.9 Å². The number of pyridine rings is 1. The lowest BCUT2D eigenvalue weighted by Crippen LogP contribution is -2.42. The molecule has 33 heavy (non-hydrogen) atoms. The maximum absolute atomic E-state index is 12.1. The van der Waals surface area contributed by atoms with Gasteiger partial charge in [0.25, 0.3) is 0 Å². The molecule has 3 heterocycles. The molecule has 0 aromatic carbocycles. The fourth-order valence-corrected chi connectivity index (χ4v) is 4.16. The highest BCUT2D eigenvalue weighted by molar-refractivity contribution is 7.99. The molecule has 1 aliphatic heterocycles. The molecule has 1 saturated heterocycles. The number of carbonyl (C=O) groups excluding carboxylic acids is 1. The minimum absolute atomic E-state index is 0.0590. The number of aromatic nitrogens is 3. The van der Waals surface area contributed by atoms with E-state index in [2.05, 4.69) is 34.1 Å². The third-order valence-corrected chi connectivity index (χ3v) is 5.81. The minimum atomic E-state index is -0.277. The molecule has 0 unspecified atom stereocenters. The Kier molecular flexibility index (Phi) is 8.60. The van der Waals surface area contributed by atoms with Crippen molar-refractivity contribution in [2.45, 2.75) is 69.9 Å². The van der Waals surface area contributed by atoms with Crippen LogP contribution in [0.3, 0.4) is 0 Å². The van der Waals surface area contributed by atoms with Crippen LogP contribution in [0, 0.1) is 6.92 Å². The summed E-state index contributed by atoms with van der Waals surface area (Å²) in [6, 6.07) is 5.95. The van der Waals surface area contributed by atoms with Crippen molar-refractivity contribution in [1.82, 2.24) is 19.9 Å². The number of ether oxygens (including phenoxy) is 3. The van der Waals surface area contributed by atoms with Gasteiger partial charge in [0.2, 0.25) is 5.88 Å². The summed E-state index contributed by atoms with van der Waals surface area (Å²) in [4.78, 5) is 27.2. The molecule has 180 valence electrons. The zero-order chi connectivity index (χ0) is 24.0. The molecule has 1 N–H and O–H groups in total. The van der Waals surface area contributed by atoms with E-state index in [0.717, 1.165) is 16.4 Å². The first-order chi connectivity index (χ1) is 15.7. The van der Waals surface area contributed by atoms with Crippen LogP contribution in [0.2, 0.25) is 0 Å². The van der Waals surface area contributed by atoms with E-state index in [1.165, 1.54) is 7.11 Å². The number of thioether (sulfide) groups is 1. The Morgan fingerprint density at radius 1 is 1.15 bits per heavy atom. The Labute approximate surface area is 199 Å². The molecule has 0 aliphatic carbocycles. The molecule has 0 saturated carbocycles. The summed E-state index contributed by atoms with van der Waals surface area (Å²) in [6.07, 6.45) is 0.923. The zero-order valence-electron chi connectivity index (χ0n) is 20.1. The average Bonchev–Trinajstić information content (AvgIpc) is 2.75. The van der Waals surface area contributed by atoms with E-state index in [-0.39, 0.29) is 24.3 Å². The van der Waals surface area contributed by atoms with E-state index in [4.69, 9.17) is 14.2 Å². The lowest BCUT2D eigenvalue weighted by atomic mass is 10.1. The largest absolute Gasteiger partial charge is 0.474 e. The van der Waals surface area contributed by atoms with Crippen LogP contribution in [-0.4, -0.2) is 63.6 Å². The highest BCUT2D eigenvalue weighted by Gasteiger charge is 2.26. The second-order valence-electron chi connectivity index (χ2n) is 8.39. The second kappa shape index (κ2) is 11.4. The van der Waals surface area contributed by atoms with Crippen molar-refractivity contribution < 1.29 is 19.0 Å². The van der Waals surface area contributed by atoms with Gasteiger partial charge in [-0.1, -0.05) is 13.8 Å². The normalized spacial score (nSPS) is 14.5. The molecule has 9 nitrogen and oxygen atoms in total. The Morgan fingerprint density at radius 3 is 2.48 bits per heavy atom. The molecule has 2 aromatic rings. The number of piperidine rings is 1. The smallest absolute Gasteiger partial charge is 0.410 e. The molecular weight excluding hydrogens is 442 g/mol. The number of likely N-dealkylation sites (tertiary alicyclic amines) is 1. The number of methoxy groups -OCH3 is 1. The van der Waals surface area contributed by atoms with Crippen molar-refractivity contribution >= 4 is 29.4 Å². The van der Waals surface area contributed by atoms with Crippen molar-refractivity contribution in [2.24, 2.45) is 0 Å². The summed E-state index contributed by atoms with van der Waals surface area (Å²) in [5.41, 5.74) is 1.73. The number of amides is 1. The first-order valence-electron chi connectivity index (χ1n) is 11.2. The standard InChI is InChI=1S/C23H33N5O4S/c1-14(2)31-23(29)28-11-9-17(10-12-28)32-20-13-19(26-22(27-20)30-6)25-18-7-8-21(24-16(18)5)33-15(3)4/h7-8,13-15,17H,9-12H2,1-6H3,(H,25,26,27). The summed E-state index contributed by atoms with van der Waals surface area (Å²) < 4.78 is 16.7. The summed E-state index contributed by atoms with van der Waals surface area (Å²) >= 11 is 1.72.